The summed E-state index contributed by atoms with van der Waals surface area (Å²) in [6.07, 6.45) is 6.82. The van der Waals surface area contributed by atoms with Crippen LogP contribution in [0.5, 0.6) is 0 Å². The van der Waals surface area contributed by atoms with E-state index in [1.54, 1.807) is 0 Å². The number of nitrogens with one attached hydrogen (secondary N) is 1. The van der Waals surface area contributed by atoms with E-state index in [4.69, 9.17) is 0 Å². The number of rotatable bonds is 4. The Hall–Kier alpha value is -0.340. The third-order valence-electron chi connectivity index (χ3n) is 4.90. The van der Waals surface area contributed by atoms with Gasteiger partial charge in [-0.1, -0.05) is 47.5 Å². The third kappa shape index (κ3) is 2.25. The van der Waals surface area contributed by atoms with Gasteiger partial charge in [0.2, 0.25) is 0 Å². The van der Waals surface area contributed by atoms with E-state index in [0.717, 1.165) is 18.5 Å². The zero-order chi connectivity index (χ0) is 12.6. The van der Waals surface area contributed by atoms with Gasteiger partial charge in [0.25, 0.3) is 0 Å². The molecule has 18 heavy (non-hydrogen) atoms. The molecule has 0 saturated heterocycles. The second-order valence-electron chi connectivity index (χ2n) is 6.08. The number of hydrogen-bond acceptors (Lipinski definition) is 1. The lowest BCUT2D eigenvalue weighted by Gasteiger charge is -2.36. The van der Waals surface area contributed by atoms with E-state index < -0.39 is 0 Å². The van der Waals surface area contributed by atoms with Crippen LogP contribution in [0, 0.1) is 5.92 Å². The van der Waals surface area contributed by atoms with Crippen LogP contribution in [0.15, 0.2) is 28.7 Å². The van der Waals surface area contributed by atoms with E-state index in [2.05, 4.69) is 52.4 Å². The van der Waals surface area contributed by atoms with Gasteiger partial charge in [-0.2, -0.15) is 0 Å². The van der Waals surface area contributed by atoms with Crippen molar-refractivity contribution in [3.05, 3.63) is 34.3 Å². The van der Waals surface area contributed by atoms with Crippen molar-refractivity contribution >= 4 is 15.9 Å². The predicted molar refractivity (Wildman–Crippen MR) is 79.9 cm³/mol. The Morgan fingerprint density at radius 1 is 1.28 bits per heavy atom. The average molecular weight is 308 g/mol. The van der Waals surface area contributed by atoms with Gasteiger partial charge in [0.05, 0.1) is 0 Å². The van der Waals surface area contributed by atoms with Crippen LogP contribution in [0.2, 0.25) is 0 Å². The van der Waals surface area contributed by atoms with Crippen molar-refractivity contribution in [2.75, 3.05) is 6.54 Å². The molecule has 2 heteroatoms. The zero-order valence-electron chi connectivity index (χ0n) is 11.1. The smallest absolute Gasteiger partial charge is 0.0213 e. The monoisotopic (exact) mass is 307 g/mol. The molecule has 0 amide bonds. The Kier molecular flexibility index (Phi) is 3.50. The summed E-state index contributed by atoms with van der Waals surface area (Å²) in [6, 6.07) is 9.62. The third-order valence-corrected chi connectivity index (χ3v) is 5.59. The van der Waals surface area contributed by atoms with Gasteiger partial charge in [-0.05, 0) is 43.2 Å². The van der Waals surface area contributed by atoms with Crippen LogP contribution in [-0.2, 0) is 5.41 Å². The molecule has 2 atom stereocenters. The van der Waals surface area contributed by atoms with Crippen LogP contribution in [-0.4, -0.2) is 12.6 Å². The van der Waals surface area contributed by atoms with Gasteiger partial charge < -0.3 is 5.32 Å². The number of halogens is 1. The van der Waals surface area contributed by atoms with Gasteiger partial charge in [0.1, 0.15) is 0 Å². The van der Waals surface area contributed by atoms with Crippen molar-refractivity contribution < 1.29 is 0 Å². The van der Waals surface area contributed by atoms with Gasteiger partial charge in [0, 0.05) is 22.5 Å². The maximum absolute atomic E-state index is 3.77. The topological polar surface area (TPSA) is 12.0 Å². The normalized spacial score (nSPS) is 31.8. The molecule has 1 nitrogen and oxygen atoms in total. The SMILES string of the molecule is CC1CCCC1(CNC1CC1)c1ccccc1Br. The lowest BCUT2D eigenvalue weighted by molar-refractivity contribution is 0.315. The Morgan fingerprint density at radius 3 is 2.67 bits per heavy atom. The summed E-state index contributed by atoms with van der Waals surface area (Å²) in [7, 11) is 0. The lowest BCUT2D eigenvalue weighted by atomic mass is 9.73. The zero-order valence-corrected chi connectivity index (χ0v) is 12.7. The summed E-state index contributed by atoms with van der Waals surface area (Å²) in [5.41, 5.74) is 1.87. The maximum Gasteiger partial charge on any atom is 0.0213 e. The highest BCUT2D eigenvalue weighted by Crippen LogP contribution is 2.47. The molecule has 2 fully saturated rings. The minimum absolute atomic E-state index is 0.350. The van der Waals surface area contributed by atoms with Gasteiger partial charge in [0.15, 0.2) is 0 Å². The molecule has 0 spiro atoms. The summed E-state index contributed by atoms with van der Waals surface area (Å²) in [6.45, 7) is 3.59. The van der Waals surface area contributed by atoms with E-state index in [0.29, 0.717) is 5.41 Å². The van der Waals surface area contributed by atoms with Crippen molar-refractivity contribution in [3.63, 3.8) is 0 Å². The molecule has 1 aromatic carbocycles. The van der Waals surface area contributed by atoms with Crippen LogP contribution in [0.3, 0.4) is 0 Å². The van der Waals surface area contributed by atoms with Gasteiger partial charge in [-0.3, -0.25) is 0 Å². The van der Waals surface area contributed by atoms with Crippen LogP contribution in [0.4, 0.5) is 0 Å². The van der Waals surface area contributed by atoms with Crippen molar-refractivity contribution in [1.82, 2.24) is 5.32 Å². The number of hydrogen-bond donors (Lipinski definition) is 1. The van der Waals surface area contributed by atoms with Gasteiger partial charge in [-0.25, -0.2) is 0 Å². The molecule has 0 bridgehead atoms. The first kappa shape index (κ1) is 12.7. The van der Waals surface area contributed by atoms with Crippen molar-refractivity contribution in [1.29, 1.82) is 0 Å². The lowest BCUT2D eigenvalue weighted by Crippen LogP contribution is -2.41. The first-order valence-corrected chi connectivity index (χ1v) is 8.00. The molecule has 0 aromatic heterocycles. The first-order chi connectivity index (χ1) is 8.72. The average Bonchev–Trinajstić information content (AvgIpc) is 3.12. The Bertz CT molecular complexity index is 427. The molecule has 2 unspecified atom stereocenters. The molecule has 0 heterocycles. The fraction of sp³-hybridized carbons (Fsp3) is 0.625. The second kappa shape index (κ2) is 4.97. The van der Waals surface area contributed by atoms with E-state index in [-0.39, 0.29) is 0 Å². The fourth-order valence-electron chi connectivity index (χ4n) is 3.48. The molecule has 2 aliphatic carbocycles. The summed E-state index contributed by atoms with van der Waals surface area (Å²) < 4.78 is 1.29. The van der Waals surface area contributed by atoms with Crippen molar-refractivity contribution in [2.24, 2.45) is 5.92 Å². The quantitative estimate of drug-likeness (QED) is 0.876. The highest BCUT2D eigenvalue weighted by Gasteiger charge is 2.43. The minimum atomic E-state index is 0.350. The fourth-order valence-corrected chi connectivity index (χ4v) is 4.16. The standard InChI is InChI=1S/C16H22BrN/c1-12-5-4-10-16(12,11-18-13-8-9-13)14-6-2-3-7-15(14)17/h2-3,6-7,12-13,18H,4-5,8-11H2,1H3. The van der Waals surface area contributed by atoms with Crippen LogP contribution >= 0.6 is 15.9 Å². The second-order valence-corrected chi connectivity index (χ2v) is 6.94. The van der Waals surface area contributed by atoms with Crippen LogP contribution in [0.25, 0.3) is 0 Å². The summed E-state index contributed by atoms with van der Waals surface area (Å²) in [4.78, 5) is 0. The molecule has 3 rings (SSSR count). The van der Waals surface area contributed by atoms with E-state index >= 15 is 0 Å². The molecular weight excluding hydrogens is 286 g/mol. The Morgan fingerprint density at radius 2 is 2.06 bits per heavy atom. The van der Waals surface area contributed by atoms with E-state index in [1.165, 1.54) is 42.1 Å². The molecule has 2 saturated carbocycles. The maximum atomic E-state index is 3.77. The molecule has 2 aliphatic rings. The minimum Gasteiger partial charge on any atom is -0.313 e. The highest BCUT2D eigenvalue weighted by atomic mass is 79.9. The highest BCUT2D eigenvalue weighted by molar-refractivity contribution is 9.10. The Labute approximate surface area is 118 Å². The molecule has 0 aliphatic heterocycles. The largest absolute Gasteiger partial charge is 0.313 e. The summed E-state index contributed by atoms with van der Waals surface area (Å²) >= 11 is 3.76. The van der Waals surface area contributed by atoms with Crippen LogP contribution in [0.1, 0.15) is 44.6 Å². The molecule has 1 aromatic rings. The predicted octanol–water partition coefficient (Wildman–Crippen LogP) is 4.26. The molecule has 1 N–H and O–H groups in total. The van der Waals surface area contributed by atoms with Crippen molar-refractivity contribution in [3.8, 4) is 0 Å². The van der Waals surface area contributed by atoms with Crippen molar-refractivity contribution in [2.45, 2.75) is 50.5 Å². The Balaban J connectivity index is 1.90. The molecule has 0 radical (unpaired) electrons. The summed E-state index contributed by atoms with van der Waals surface area (Å²) in [5.74, 6) is 0.780. The van der Waals surface area contributed by atoms with Crippen LogP contribution < -0.4 is 5.32 Å². The number of benzene rings is 1. The van der Waals surface area contributed by atoms with E-state index in [9.17, 15) is 0 Å². The van der Waals surface area contributed by atoms with Gasteiger partial charge in [-0.15, -0.1) is 0 Å². The molecule has 98 valence electrons. The summed E-state index contributed by atoms with van der Waals surface area (Å²) in [5, 5.41) is 3.77. The van der Waals surface area contributed by atoms with E-state index in [1.807, 2.05) is 0 Å². The first-order valence-electron chi connectivity index (χ1n) is 7.21. The molecular formula is C16H22BrN. The van der Waals surface area contributed by atoms with Gasteiger partial charge >= 0.3 is 0 Å².